The van der Waals surface area contributed by atoms with Crippen LogP contribution in [0, 0.1) is 0 Å². The Morgan fingerprint density at radius 3 is 1.11 bits per heavy atom. The Hall–Kier alpha value is -4.36. The van der Waals surface area contributed by atoms with Gasteiger partial charge in [0, 0.05) is 55.4 Å². The molecule has 0 radical (unpaired) electrons. The van der Waals surface area contributed by atoms with Crippen LogP contribution in [0.25, 0.3) is 0 Å². The van der Waals surface area contributed by atoms with Gasteiger partial charge < -0.3 is 52.1 Å². The van der Waals surface area contributed by atoms with Crippen LogP contribution < -0.4 is 0 Å². The normalized spacial score (nSPS) is 30.0. The Bertz CT molecular complexity index is 1200. The number of ether oxygens (including phenoxy) is 11. The van der Waals surface area contributed by atoms with Crippen molar-refractivity contribution in [3.8, 4) is 0 Å². The van der Waals surface area contributed by atoms with Gasteiger partial charge in [-0.05, 0) is 0 Å². The molecule has 0 saturated carbocycles. The molecule has 0 aromatic rings. The molecule has 0 aromatic heterocycles. The first-order valence-electron chi connectivity index (χ1n) is 14.2. The van der Waals surface area contributed by atoms with Crippen LogP contribution in [-0.4, -0.2) is 122 Å². The molecule has 0 amide bonds. The number of carbonyl (C=O) groups excluding carboxylic acids is 8. The molecule has 2 rings (SSSR count). The summed E-state index contributed by atoms with van der Waals surface area (Å²) in [6.07, 6.45) is -16.3. The highest BCUT2D eigenvalue weighted by Gasteiger charge is 2.58. The molecular weight excluding hydrogens is 640 g/mol. The van der Waals surface area contributed by atoms with Crippen LogP contribution in [0.5, 0.6) is 0 Å². The third kappa shape index (κ3) is 12.1. The second kappa shape index (κ2) is 17.5. The predicted molar refractivity (Wildman–Crippen MR) is 145 cm³/mol. The van der Waals surface area contributed by atoms with E-state index in [2.05, 4.69) is 0 Å². The summed E-state index contributed by atoms with van der Waals surface area (Å²) < 4.78 is 60.2. The lowest BCUT2D eigenvalue weighted by molar-refractivity contribution is -0.357. The van der Waals surface area contributed by atoms with Crippen LogP contribution in [0.3, 0.4) is 0 Å². The lowest BCUT2D eigenvalue weighted by Crippen LogP contribution is -2.67. The molecule has 0 unspecified atom stereocenters. The van der Waals surface area contributed by atoms with Crippen LogP contribution in [0.15, 0.2) is 0 Å². The van der Waals surface area contributed by atoms with E-state index in [9.17, 15) is 38.4 Å². The van der Waals surface area contributed by atoms with E-state index in [1.165, 1.54) is 0 Å². The second-order valence-electron chi connectivity index (χ2n) is 10.3. The molecular formula is C28H38O19. The summed E-state index contributed by atoms with van der Waals surface area (Å²) in [5, 5.41) is 0. The number of hydrogen-bond donors (Lipinski definition) is 0. The van der Waals surface area contributed by atoms with Gasteiger partial charge in [0.05, 0.1) is 0 Å². The van der Waals surface area contributed by atoms with E-state index in [0.29, 0.717) is 0 Å². The van der Waals surface area contributed by atoms with Crippen LogP contribution in [0.4, 0.5) is 0 Å². The minimum Gasteiger partial charge on any atom is -0.463 e. The minimum atomic E-state index is -1.83. The fourth-order valence-electron chi connectivity index (χ4n) is 4.73. The van der Waals surface area contributed by atoms with E-state index >= 15 is 0 Å². The summed E-state index contributed by atoms with van der Waals surface area (Å²) in [7, 11) is 0. The molecule has 0 aliphatic carbocycles. The molecule has 264 valence electrons. The molecule has 2 aliphatic rings. The second-order valence-corrected chi connectivity index (χ2v) is 10.3. The highest BCUT2D eigenvalue weighted by atomic mass is 16.8. The maximum absolute atomic E-state index is 12.3. The van der Waals surface area contributed by atoms with Gasteiger partial charge in [-0.1, -0.05) is 0 Å². The fourth-order valence-corrected chi connectivity index (χ4v) is 4.73. The van der Waals surface area contributed by atoms with Gasteiger partial charge >= 0.3 is 47.8 Å². The van der Waals surface area contributed by atoms with E-state index in [-0.39, 0.29) is 0 Å². The summed E-state index contributed by atoms with van der Waals surface area (Å²) in [6, 6.07) is 0. The summed E-state index contributed by atoms with van der Waals surface area (Å²) in [5.41, 5.74) is 0. The number of carbonyl (C=O) groups is 8. The summed E-state index contributed by atoms with van der Waals surface area (Å²) >= 11 is 0. The minimum absolute atomic E-state index is 0.590. The Labute approximate surface area is 268 Å². The first-order valence-corrected chi connectivity index (χ1v) is 14.2. The lowest BCUT2D eigenvalue weighted by Gasteiger charge is -2.48. The number of esters is 8. The fraction of sp³-hybridized carbons (Fsp3) is 0.714. The van der Waals surface area contributed by atoms with Crippen molar-refractivity contribution in [2.75, 3.05) is 13.2 Å². The van der Waals surface area contributed by atoms with Crippen LogP contribution in [0.1, 0.15) is 55.4 Å². The molecule has 0 bridgehead atoms. The van der Waals surface area contributed by atoms with E-state index in [1.54, 1.807) is 0 Å². The highest BCUT2D eigenvalue weighted by molar-refractivity contribution is 5.70. The van der Waals surface area contributed by atoms with Gasteiger partial charge in [0.2, 0.25) is 12.4 Å². The molecule has 19 nitrogen and oxygen atoms in total. The van der Waals surface area contributed by atoms with Gasteiger partial charge in [-0.3, -0.25) is 38.4 Å². The monoisotopic (exact) mass is 678 g/mol. The average molecular weight is 679 g/mol. The molecule has 0 spiro atoms. The molecule has 19 heteroatoms. The van der Waals surface area contributed by atoms with Crippen LogP contribution >= 0.6 is 0 Å². The summed E-state index contributed by atoms with van der Waals surface area (Å²) in [5.74, 6) is -7.02. The molecule has 47 heavy (non-hydrogen) atoms. The lowest BCUT2D eigenvalue weighted by atomic mass is 9.96. The molecule has 2 fully saturated rings. The predicted octanol–water partition coefficient (Wildman–Crippen LogP) is -0.831. The van der Waals surface area contributed by atoms with Crippen molar-refractivity contribution in [3.05, 3.63) is 0 Å². The van der Waals surface area contributed by atoms with E-state index in [0.717, 1.165) is 55.4 Å². The number of rotatable bonds is 12. The van der Waals surface area contributed by atoms with E-state index < -0.39 is 122 Å². The summed E-state index contributed by atoms with van der Waals surface area (Å²) in [4.78, 5) is 96.3. The van der Waals surface area contributed by atoms with Crippen molar-refractivity contribution in [3.63, 3.8) is 0 Å². The van der Waals surface area contributed by atoms with Gasteiger partial charge in [-0.25, -0.2) is 0 Å². The topological polar surface area (TPSA) is 238 Å². The maximum Gasteiger partial charge on any atom is 0.305 e. The third-order valence-electron chi connectivity index (χ3n) is 6.17. The Kier molecular flexibility index (Phi) is 14.5. The Morgan fingerprint density at radius 2 is 0.702 bits per heavy atom. The molecule has 0 N–H and O–H groups in total. The quantitative estimate of drug-likeness (QED) is 0.181. The van der Waals surface area contributed by atoms with Crippen molar-refractivity contribution in [2.45, 2.75) is 117 Å². The van der Waals surface area contributed by atoms with Crippen LogP contribution in [0.2, 0.25) is 0 Å². The van der Waals surface area contributed by atoms with Crippen molar-refractivity contribution < 1.29 is 90.5 Å². The van der Waals surface area contributed by atoms with Gasteiger partial charge in [-0.2, -0.15) is 0 Å². The van der Waals surface area contributed by atoms with Crippen molar-refractivity contribution in [1.82, 2.24) is 0 Å². The maximum atomic E-state index is 12.3. The standard InChI is InChI=1S/C28H38O19/c1-11(29)37-9-19-21(39-13(3)31)23(40-14(4)32)26(43-17(7)35)28(46-19)47-22-20(10-38-12(2)30)45-27(44-18(8)36)25(42-16(6)34)24(22)41-15(5)33/h19-28H,9-10H2,1-8H3/t19-,20-,21-,22-,23+,24+,25-,26+,27-,28+/m1/s1. The zero-order valence-electron chi connectivity index (χ0n) is 26.9. The third-order valence-corrected chi connectivity index (χ3v) is 6.17. The molecule has 10 atom stereocenters. The van der Waals surface area contributed by atoms with Crippen molar-refractivity contribution in [1.29, 1.82) is 0 Å². The average Bonchev–Trinajstić information content (AvgIpc) is 2.91. The Balaban J connectivity index is 2.73. The van der Waals surface area contributed by atoms with Crippen molar-refractivity contribution >= 4 is 47.8 Å². The summed E-state index contributed by atoms with van der Waals surface area (Å²) in [6.45, 7) is 7.05. The first-order chi connectivity index (χ1) is 21.9. The largest absolute Gasteiger partial charge is 0.463 e. The highest BCUT2D eigenvalue weighted by Crippen LogP contribution is 2.35. The van der Waals surface area contributed by atoms with Crippen molar-refractivity contribution in [2.24, 2.45) is 0 Å². The Morgan fingerprint density at radius 1 is 0.383 bits per heavy atom. The molecule has 2 heterocycles. The van der Waals surface area contributed by atoms with Gasteiger partial charge in [0.1, 0.15) is 31.5 Å². The van der Waals surface area contributed by atoms with Gasteiger partial charge in [0.15, 0.2) is 30.7 Å². The van der Waals surface area contributed by atoms with Crippen LogP contribution in [-0.2, 0) is 90.5 Å². The zero-order valence-corrected chi connectivity index (χ0v) is 26.9. The SMILES string of the molecule is CC(=O)OC[C@H]1O[C@@H](O[C@H]2[C@H](OC(C)=O)[C@@H](OC(C)=O)[C@H](OC(C)=O)O[C@@H]2COC(C)=O)[C@@H](OC(C)=O)[C@@H](OC(C)=O)[C@@H]1OC(C)=O. The number of hydrogen-bond acceptors (Lipinski definition) is 19. The molecule has 2 aliphatic heterocycles. The first kappa shape index (κ1) is 38.8. The molecule has 2 saturated heterocycles. The molecule has 0 aromatic carbocycles. The van der Waals surface area contributed by atoms with Gasteiger partial charge in [0.25, 0.3) is 0 Å². The zero-order chi connectivity index (χ0) is 35.6. The van der Waals surface area contributed by atoms with E-state index in [1.807, 2.05) is 0 Å². The smallest absolute Gasteiger partial charge is 0.305 e. The van der Waals surface area contributed by atoms with Gasteiger partial charge in [-0.15, -0.1) is 0 Å². The van der Waals surface area contributed by atoms with E-state index in [4.69, 9.17) is 52.1 Å².